The third-order valence-corrected chi connectivity index (χ3v) is 3.69. The number of rotatable bonds is 3. The maximum absolute atomic E-state index is 11.5. The predicted octanol–water partition coefficient (Wildman–Crippen LogP) is -0.228. The van der Waals surface area contributed by atoms with Crippen LogP contribution < -0.4 is 11.1 Å². The van der Waals surface area contributed by atoms with Gasteiger partial charge in [0.1, 0.15) is 11.8 Å². The lowest BCUT2D eigenvalue weighted by Gasteiger charge is -2.18. The summed E-state index contributed by atoms with van der Waals surface area (Å²) in [5, 5.41) is 2.81. The summed E-state index contributed by atoms with van der Waals surface area (Å²) in [6, 6.07) is -0.878. The second-order valence-corrected chi connectivity index (χ2v) is 5.31. The molecule has 1 aliphatic heterocycles. The lowest BCUT2D eigenvalue weighted by Crippen LogP contribution is -2.31. The quantitative estimate of drug-likeness (QED) is 0.570. The molecule has 0 aromatic heterocycles. The Morgan fingerprint density at radius 1 is 1.79 bits per heavy atom. The summed E-state index contributed by atoms with van der Waals surface area (Å²) in [6.45, 7) is 2.08. The van der Waals surface area contributed by atoms with Gasteiger partial charge in [0, 0.05) is 0 Å². The molecule has 1 saturated heterocycles. The van der Waals surface area contributed by atoms with Gasteiger partial charge in [-0.3, -0.25) is 4.79 Å². The minimum absolute atomic E-state index is 0.542. The Morgan fingerprint density at radius 3 is 2.86 bits per heavy atom. The van der Waals surface area contributed by atoms with Crippen LogP contribution >= 0.6 is 7.60 Å². The maximum atomic E-state index is 11.5. The van der Waals surface area contributed by atoms with Crippen molar-refractivity contribution in [2.45, 2.75) is 31.6 Å². The topological polar surface area (TPSA) is 102 Å². The van der Waals surface area contributed by atoms with Crippen molar-refractivity contribution in [3.05, 3.63) is 0 Å². The van der Waals surface area contributed by atoms with Crippen LogP contribution in [0.2, 0.25) is 0 Å². The minimum Gasteiger partial charge on any atom is -0.390 e. The molecule has 3 atom stereocenters. The Kier molecular flexibility index (Phi) is 3.66. The standard InChI is InChI=1S/C7H15N2O4P/c1-5(8)7(10)13-14(11,12)6-3-2-4-9-6/h5-6,9H,2-4,8H2,1H3,(H,11,12)/t5-,6?/m0/s1. The molecule has 0 aromatic rings. The van der Waals surface area contributed by atoms with E-state index >= 15 is 0 Å². The first-order valence-corrected chi connectivity index (χ1v) is 6.13. The zero-order valence-corrected chi connectivity index (χ0v) is 8.87. The molecule has 4 N–H and O–H groups in total. The van der Waals surface area contributed by atoms with Gasteiger partial charge in [-0.25, -0.2) is 4.57 Å². The van der Waals surface area contributed by atoms with Gasteiger partial charge in [0.15, 0.2) is 0 Å². The van der Waals surface area contributed by atoms with Crippen molar-refractivity contribution in [1.82, 2.24) is 5.32 Å². The Morgan fingerprint density at radius 2 is 2.43 bits per heavy atom. The van der Waals surface area contributed by atoms with Crippen LogP contribution in [-0.2, 0) is 13.9 Å². The SMILES string of the molecule is C[C@H](N)C(=O)OP(=O)(O)C1CCCN1. The summed E-state index contributed by atoms with van der Waals surface area (Å²) < 4.78 is 16.0. The number of nitrogens with two attached hydrogens (primary N) is 1. The Labute approximate surface area is 82.3 Å². The highest BCUT2D eigenvalue weighted by Gasteiger charge is 2.37. The molecule has 1 aliphatic rings. The first-order valence-electron chi connectivity index (χ1n) is 4.48. The molecule has 0 bridgehead atoms. The average Bonchev–Trinajstić information content (AvgIpc) is 2.54. The third kappa shape index (κ3) is 2.78. The second kappa shape index (κ2) is 4.40. The fourth-order valence-corrected chi connectivity index (χ4v) is 2.64. The fourth-order valence-electron chi connectivity index (χ4n) is 1.22. The summed E-state index contributed by atoms with van der Waals surface area (Å²) in [5.74, 6) is -1.48. The number of hydrogen-bond acceptors (Lipinski definition) is 5. The summed E-state index contributed by atoms with van der Waals surface area (Å²) in [4.78, 5) is 20.4. The van der Waals surface area contributed by atoms with Gasteiger partial charge in [-0.15, -0.1) is 0 Å². The van der Waals surface area contributed by atoms with Gasteiger partial charge in [0.05, 0.1) is 0 Å². The van der Waals surface area contributed by atoms with Crippen LogP contribution in [0.15, 0.2) is 0 Å². The Hall–Kier alpha value is -0.420. The molecule has 6 nitrogen and oxygen atoms in total. The van der Waals surface area contributed by atoms with Gasteiger partial charge in [-0.1, -0.05) is 0 Å². The number of nitrogens with one attached hydrogen (secondary N) is 1. The Bertz CT molecular complexity index is 262. The molecule has 0 spiro atoms. The smallest absolute Gasteiger partial charge is 0.390 e. The molecule has 1 fully saturated rings. The highest BCUT2D eigenvalue weighted by atomic mass is 31.2. The molecule has 14 heavy (non-hydrogen) atoms. The summed E-state index contributed by atoms with van der Waals surface area (Å²) in [5.41, 5.74) is 5.21. The van der Waals surface area contributed by atoms with Crippen molar-refractivity contribution in [2.24, 2.45) is 5.73 Å². The van der Waals surface area contributed by atoms with Gasteiger partial charge in [-0.2, -0.15) is 0 Å². The van der Waals surface area contributed by atoms with Crippen molar-refractivity contribution in [3.63, 3.8) is 0 Å². The van der Waals surface area contributed by atoms with Crippen LogP contribution in [0.5, 0.6) is 0 Å². The van der Waals surface area contributed by atoms with E-state index in [1.54, 1.807) is 0 Å². The van der Waals surface area contributed by atoms with Crippen LogP contribution in [0, 0.1) is 0 Å². The van der Waals surface area contributed by atoms with Crippen LogP contribution in [0.25, 0.3) is 0 Å². The van der Waals surface area contributed by atoms with Gasteiger partial charge in [0.25, 0.3) is 0 Å². The van der Waals surface area contributed by atoms with Crippen LogP contribution in [0.1, 0.15) is 19.8 Å². The largest absolute Gasteiger partial charge is 0.395 e. The first kappa shape index (κ1) is 11.7. The molecule has 0 amide bonds. The minimum atomic E-state index is -3.89. The van der Waals surface area contributed by atoms with E-state index in [4.69, 9.17) is 5.73 Å². The van der Waals surface area contributed by atoms with Crippen molar-refractivity contribution < 1.29 is 18.8 Å². The highest BCUT2D eigenvalue weighted by molar-refractivity contribution is 7.54. The zero-order valence-electron chi connectivity index (χ0n) is 7.97. The average molecular weight is 222 g/mol. The molecule has 0 aromatic carbocycles. The van der Waals surface area contributed by atoms with Gasteiger partial charge >= 0.3 is 13.6 Å². The molecule has 0 radical (unpaired) electrons. The number of hydrogen-bond donors (Lipinski definition) is 3. The van der Waals surface area contributed by atoms with E-state index in [0.717, 1.165) is 6.42 Å². The molecule has 1 rings (SSSR count). The van der Waals surface area contributed by atoms with Crippen LogP contribution in [0.3, 0.4) is 0 Å². The molecular formula is C7H15N2O4P. The van der Waals surface area contributed by atoms with E-state index in [0.29, 0.717) is 13.0 Å². The van der Waals surface area contributed by atoms with Crippen LogP contribution in [0.4, 0.5) is 0 Å². The third-order valence-electron chi connectivity index (χ3n) is 2.02. The molecule has 2 unspecified atom stereocenters. The fraction of sp³-hybridized carbons (Fsp3) is 0.857. The van der Waals surface area contributed by atoms with E-state index in [2.05, 4.69) is 9.84 Å². The Balaban J connectivity index is 2.56. The van der Waals surface area contributed by atoms with E-state index < -0.39 is 25.4 Å². The number of carbonyl (C=O) groups excluding carboxylic acids is 1. The van der Waals surface area contributed by atoms with E-state index in [1.165, 1.54) is 6.92 Å². The monoisotopic (exact) mass is 222 g/mol. The summed E-state index contributed by atoms with van der Waals surface area (Å²) >= 11 is 0. The van der Waals surface area contributed by atoms with E-state index in [1.807, 2.05) is 0 Å². The van der Waals surface area contributed by atoms with Gasteiger partial charge < -0.3 is 20.5 Å². The molecule has 7 heteroatoms. The molecule has 82 valence electrons. The lowest BCUT2D eigenvalue weighted by molar-refractivity contribution is -0.135. The van der Waals surface area contributed by atoms with E-state index in [-0.39, 0.29) is 0 Å². The van der Waals surface area contributed by atoms with Crippen molar-refractivity contribution >= 4 is 13.6 Å². The first-order chi connectivity index (χ1) is 6.43. The number of carbonyl (C=O) groups is 1. The van der Waals surface area contributed by atoms with Crippen molar-refractivity contribution in [1.29, 1.82) is 0 Å². The summed E-state index contributed by atoms with van der Waals surface area (Å²) in [6.07, 6.45) is 1.35. The molecule has 0 aliphatic carbocycles. The summed E-state index contributed by atoms with van der Waals surface area (Å²) in [7, 11) is -3.89. The zero-order chi connectivity index (χ0) is 10.8. The molecule has 0 saturated carbocycles. The van der Waals surface area contributed by atoms with E-state index in [9.17, 15) is 14.3 Å². The van der Waals surface area contributed by atoms with Crippen molar-refractivity contribution in [2.75, 3.05) is 6.54 Å². The van der Waals surface area contributed by atoms with Crippen molar-refractivity contribution in [3.8, 4) is 0 Å². The highest BCUT2D eigenvalue weighted by Crippen LogP contribution is 2.49. The maximum Gasteiger partial charge on any atom is 0.395 e. The van der Waals surface area contributed by atoms with Crippen LogP contribution in [-0.4, -0.2) is 29.2 Å². The van der Waals surface area contributed by atoms with Gasteiger partial charge in [-0.05, 0) is 26.3 Å². The second-order valence-electron chi connectivity index (χ2n) is 3.38. The normalized spacial score (nSPS) is 28.1. The van der Waals surface area contributed by atoms with Gasteiger partial charge in [0.2, 0.25) is 0 Å². The molecule has 1 heterocycles. The predicted molar refractivity (Wildman–Crippen MR) is 50.6 cm³/mol. The lowest BCUT2D eigenvalue weighted by atomic mass is 10.4. The molecular weight excluding hydrogens is 207 g/mol.